The standard InChI is InChI=1S/C12H11ClN2O3.C9H6ClNO/c13-8-5-10-9(14-6-8)1-2-11(16)15(10)7-12-17-3-4-18-12;10-7-3-6-4-8(12)1-2-9(6)11-5-7/h1-2,5-6,12H,3-4,7H2;1-3,5H,4H2. The van der Waals surface area contributed by atoms with Crippen molar-refractivity contribution in [3.05, 3.63) is 74.4 Å². The zero-order valence-electron chi connectivity index (χ0n) is 15.8. The first kappa shape index (κ1) is 20.7. The molecule has 1 aliphatic heterocycles. The Balaban J connectivity index is 0.000000158. The van der Waals surface area contributed by atoms with Crippen LogP contribution in [0.1, 0.15) is 11.3 Å². The van der Waals surface area contributed by atoms with Crippen molar-refractivity contribution < 1.29 is 14.3 Å². The molecule has 30 heavy (non-hydrogen) atoms. The van der Waals surface area contributed by atoms with E-state index in [4.69, 9.17) is 32.7 Å². The van der Waals surface area contributed by atoms with Crippen molar-refractivity contribution in [1.82, 2.24) is 14.5 Å². The molecule has 0 unspecified atom stereocenters. The molecule has 2 aliphatic rings. The number of allylic oxidation sites excluding steroid dienone is 1. The van der Waals surface area contributed by atoms with Crippen LogP contribution < -0.4 is 5.56 Å². The van der Waals surface area contributed by atoms with Gasteiger partial charge in [0, 0.05) is 24.9 Å². The van der Waals surface area contributed by atoms with Gasteiger partial charge in [-0.25, -0.2) is 0 Å². The number of aromatic nitrogens is 3. The highest BCUT2D eigenvalue weighted by Crippen LogP contribution is 2.19. The molecule has 1 aliphatic carbocycles. The average molecular weight is 446 g/mol. The van der Waals surface area contributed by atoms with Gasteiger partial charge in [0.15, 0.2) is 12.1 Å². The summed E-state index contributed by atoms with van der Waals surface area (Å²) in [7, 11) is 0. The Morgan fingerprint density at radius 1 is 1.00 bits per heavy atom. The molecular weight excluding hydrogens is 429 g/mol. The summed E-state index contributed by atoms with van der Waals surface area (Å²) in [5, 5.41) is 1.08. The SMILES string of the molecule is O=C1C=Cc2ncc(Cl)cc2C1.O=c1ccc2ncc(Cl)cc2n1CC1OCCO1. The lowest BCUT2D eigenvalue weighted by Crippen LogP contribution is -2.27. The summed E-state index contributed by atoms with van der Waals surface area (Å²) >= 11 is 11.6. The molecule has 0 bridgehead atoms. The topological polar surface area (TPSA) is 83.3 Å². The third-order valence-electron chi connectivity index (χ3n) is 4.59. The number of ether oxygens (including phenoxy) is 2. The van der Waals surface area contributed by atoms with E-state index < -0.39 is 0 Å². The smallest absolute Gasteiger partial charge is 0.251 e. The van der Waals surface area contributed by atoms with Crippen LogP contribution in [0.5, 0.6) is 0 Å². The quantitative estimate of drug-likeness (QED) is 0.601. The fraction of sp³-hybridized carbons (Fsp3) is 0.238. The Morgan fingerprint density at radius 2 is 1.73 bits per heavy atom. The summed E-state index contributed by atoms with van der Waals surface area (Å²) < 4.78 is 12.3. The fourth-order valence-electron chi connectivity index (χ4n) is 3.19. The van der Waals surface area contributed by atoms with Gasteiger partial charge in [-0.1, -0.05) is 23.2 Å². The maximum Gasteiger partial charge on any atom is 0.251 e. The van der Waals surface area contributed by atoms with Gasteiger partial charge in [-0.05, 0) is 35.9 Å². The van der Waals surface area contributed by atoms with Crippen LogP contribution in [-0.4, -0.2) is 39.8 Å². The third kappa shape index (κ3) is 4.76. The number of hydrogen-bond donors (Lipinski definition) is 0. The van der Waals surface area contributed by atoms with E-state index in [2.05, 4.69) is 9.97 Å². The lowest BCUT2D eigenvalue weighted by molar-refractivity contribution is -0.114. The van der Waals surface area contributed by atoms with Gasteiger partial charge < -0.3 is 14.0 Å². The van der Waals surface area contributed by atoms with E-state index in [0.29, 0.717) is 41.7 Å². The number of carbonyl (C=O) groups is 1. The van der Waals surface area contributed by atoms with Crippen molar-refractivity contribution in [3.63, 3.8) is 0 Å². The number of pyridine rings is 3. The monoisotopic (exact) mass is 445 g/mol. The molecule has 0 spiro atoms. The van der Waals surface area contributed by atoms with Gasteiger partial charge in [0.2, 0.25) is 0 Å². The van der Waals surface area contributed by atoms with Crippen LogP contribution in [0.25, 0.3) is 17.1 Å². The van der Waals surface area contributed by atoms with Crippen LogP contribution in [0.2, 0.25) is 10.0 Å². The van der Waals surface area contributed by atoms with Crippen LogP contribution in [0, 0.1) is 0 Å². The van der Waals surface area contributed by atoms with Gasteiger partial charge in [-0.3, -0.25) is 19.6 Å². The van der Waals surface area contributed by atoms with Crippen LogP contribution >= 0.6 is 23.2 Å². The maximum absolute atomic E-state index is 11.9. The van der Waals surface area contributed by atoms with Crippen LogP contribution in [0.4, 0.5) is 0 Å². The van der Waals surface area contributed by atoms with Crippen molar-refractivity contribution in [2.45, 2.75) is 19.3 Å². The molecule has 3 aromatic heterocycles. The second-order valence-electron chi connectivity index (χ2n) is 6.69. The van der Waals surface area contributed by atoms with Crippen molar-refractivity contribution in [2.24, 2.45) is 0 Å². The van der Waals surface area contributed by atoms with Crippen LogP contribution in [0.15, 0.2) is 47.5 Å². The molecule has 0 N–H and O–H groups in total. The van der Waals surface area contributed by atoms with Gasteiger partial charge in [0.05, 0.1) is 46.5 Å². The maximum atomic E-state index is 11.9. The molecule has 3 aromatic rings. The molecule has 154 valence electrons. The minimum atomic E-state index is -0.382. The highest BCUT2D eigenvalue weighted by Gasteiger charge is 2.18. The highest BCUT2D eigenvalue weighted by atomic mass is 35.5. The third-order valence-corrected chi connectivity index (χ3v) is 5.00. The Morgan fingerprint density at radius 3 is 2.53 bits per heavy atom. The molecule has 1 saturated heterocycles. The number of carbonyl (C=O) groups excluding carboxylic acids is 1. The average Bonchev–Trinajstić information content (AvgIpc) is 3.24. The van der Waals surface area contributed by atoms with Gasteiger partial charge in [0.25, 0.3) is 5.56 Å². The Kier molecular flexibility index (Phi) is 6.24. The van der Waals surface area contributed by atoms with Gasteiger partial charge in [-0.15, -0.1) is 0 Å². The highest BCUT2D eigenvalue weighted by molar-refractivity contribution is 6.31. The zero-order valence-corrected chi connectivity index (χ0v) is 17.3. The normalized spacial score (nSPS) is 15.7. The van der Waals surface area contributed by atoms with E-state index in [0.717, 1.165) is 16.8 Å². The number of hydrogen-bond acceptors (Lipinski definition) is 6. The zero-order chi connectivity index (χ0) is 21.1. The van der Waals surface area contributed by atoms with Crippen molar-refractivity contribution in [1.29, 1.82) is 0 Å². The summed E-state index contributed by atoms with van der Waals surface area (Å²) in [6.07, 6.45) is 6.44. The minimum absolute atomic E-state index is 0.103. The lowest BCUT2D eigenvalue weighted by Gasteiger charge is -2.13. The molecule has 0 atom stereocenters. The summed E-state index contributed by atoms with van der Waals surface area (Å²) in [5.74, 6) is 0.103. The molecule has 9 heteroatoms. The molecule has 0 radical (unpaired) electrons. The molecule has 7 nitrogen and oxygen atoms in total. The molecule has 0 saturated carbocycles. The van der Waals surface area contributed by atoms with Crippen molar-refractivity contribution in [2.75, 3.05) is 13.2 Å². The Labute approximate surface area is 181 Å². The molecule has 1 fully saturated rings. The van der Waals surface area contributed by atoms with Crippen LogP contribution in [-0.2, 0) is 27.2 Å². The minimum Gasteiger partial charge on any atom is -0.348 e. The predicted molar refractivity (Wildman–Crippen MR) is 114 cm³/mol. The largest absolute Gasteiger partial charge is 0.348 e. The second kappa shape index (κ2) is 9.06. The Hall–Kier alpha value is -2.58. The number of ketones is 1. The molecule has 5 rings (SSSR count). The second-order valence-corrected chi connectivity index (χ2v) is 7.56. The van der Waals surface area contributed by atoms with E-state index in [1.165, 1.54) is 6.07 Å². The van der Waals surface area contributed by atoms with E-state index in [-0.39, 0.29) is 17.6 Å². The van der Waals surface area contributed by atoms with Gasteiger partial charge >= 0.3 is 0 Å². The van der Waals surface area contributed by atoms with E-state index >= 15 is 0 Å². The fourth-order valence-corrected chi connectivity index (χ4v) is 3.53. The molecular formula is C21H17Cl2N3O4. The van der Waals surface area contributed by atoms with E-state index in [9.17, 15) is 9.59 Å². The molecule has 4 heterocycles. The number of fused-ring (bicyclic) bond motifs is 2. The first-order chi connectivity index (χ1) is 14.5. The Bertz CT molecular complexity index is 1190. The van der Waals surface area contributed by atoms with Crippen molar-refractivity contribution in [3.8, 4) is 0 Å². The first-order valence-electron chi connectivity index (χ1n) is 9.23. The summed E-state index contributed by atoms with van der Waals surface area (Å²) in [4.78, 5) is 31.2. The number of nitrogens with zero attached hydrogens (tertiary/aromatic N) is 3. The van der Waals surface area contributed by atoms with Gasteiger partial charge in [0.1, 0.15) is 0 Å². The summed E-state index contributed by atoms with van der Waals surface area (Å²) in [6, 6.07) is 6.67. The summed E-state index contributed by atoms with van der Waals surface area (Å²) in [5.41, 5.74) is 3.05. The number of halogens is 2. The first-order valence-corrected chi connectivity index (χ1v) is 9.99. The molecule has 0 aromatic carbocycles. The lowest BCUT2D eigenvalue weighted by atomic mass is 10.0. The van der Waals surface area contributed by atoms with Gasteiger partial charge in [-0.2, -0.15) is 0 Å². The summed E-state index contributed by atoms with van der Waals surface area (Å²) in [6.45, 7) is 1.46. The number of rotatable bonds is 2. The van der Waals surface area contributed by atoms with Crippen LogP contribution in [0.3, 0.4) is 0 Å². The van der Waals surface area contributed by atoms with E-state index in [1.807, 2.05) is 0 Å². The predicted octanol–water partition coefficient (Wildman–Crippen LogP) is 3.30. The van der Waals surface area contributed by atoms with Crippen molar-refractivity contribution >= 4 is 46.1 Å². The van der Waals surface area contributed by atoms with E-state index in [1.54, 1.807) is 47.3 Å². The molecule has 0 amide bonds.